The lowest BCUT2D eigenvalue weighted by Crippen LogP contribution is -2.01. The highest BCUT2D eigenvalue weighted by atomic mass is 16.6. The Labute approximate surface area is 112 Å². The first kappa shape index (κ1) is 13.3. The molecule has 1 aromatic heterocycles. The molecule has 1 N–H and O–H groups in total. The molecule has 20 heavy (non-hydrogen) atoms. The van der Waals surface area contributed by atoms with Crippen LogP contribution in [0.2, 0.25) is 0 Å². The summed E-state index contributed by atoms with van der Waals surface area (Å²) in [5, 5.41) is 24.4. The molecule has 0 atom stereocenters. The highest BCUT2D eigenvalue weighted by molar-refractivity contribution is 5.71. The third-order valence-corrected chi connectivity index (χ3v) is 2.52. The Morgan fingerprint density at radius 3 is 2.55 bits per heavy atom. The van der Waals surface area contributed by atoms with Crippen LogP contribution < -0.4 is 5.32 Å². The fourth-order valence-corrected chi connectivity index (χ4v) is 1.61. The second-order valence-electron chi connectivity index (χ2n) is 3.74. The summed E-state index contributed by atoms with van der Waals surface area (Å²) in [6.45, 7) is 0. The monoisotopic (exact) mass is 275 g/mol. The van der Waals surface area contributed by atoms with E-state index < -0.39 is 9.85 Å². The number of nitrogens with zero attached hydrogens (tertiary/aromatic N) is 4. The minimum Gasteiger partial charge on any atom is -0.357 e. The van der Waals surface area contributed by atoms with Crippen LogP contribution in [0, 0.1) is 20.2 Å². The van der Waals surface area contributed by atoms with E-state index in [1.54, 1.807) is 7.05 Å². The zero-order valence-electron chi connectivity index (χ0n) is 10.3. The lowest BCUT2D eigenvalue weighted by molar-refractivity contribution is -0.385. The van der Waals surface area contributed by atoms with E-state index in [0.717, 1.165) is 6.20 Å². The van der Waals surface area contributed by atoms with Crippen LogP contribution in [0.15, 0.2) is 30.5 Å². The van der Waals surface area contributed by atoms with Gasteiger partial charge >= 0.3 is 5.69 Å². The van der Waals surface area contributed by atoms with Gasteiger partial charge in [0.15, 0.2) is 5.69 Å². The van der Waals surface area contributed by atoms with Gasteiger partial charge in [0.2, 0.25) is 5.95 Å². The number of rotatable bonds is 4. The van der Waals surface area contributed by atoms with E-state index in [2.05, 4.69) is 15.3 Å². The van der Waals surface area contributed by atoms with Gasteiger partial charge in [-0.2, -0.15) is 0 Å². The van der Waals surface area contributed by atoms with Crippen LogP contribution in [-0.4, -0.2) is 26.9 Å². The first-order chi connectivity index (χ1) is 9.52. The maximum absolute atomic E-state index is 11.0. The maximum atomic E-state index is 11.0. The molecule has 0 saturated heterocycles. The lowest BCUT2D eigenvalue weighted by atomic mass is 10.1. The summed E-state index contributed by atoms with van der Waals surface area (Å²) in [5.74, 6) is 0.192. The molecule has 0 radical (unpaired) electrons. The minimum atomic E-state index is -0.631. The summed E-state index contributed by atoms with van der Waals surface area (Å²) in [7, 11) is 1.57. The van der Waals surface area contributed by atoms with E-state index in [1.165, 1.54) is 24.3 Å². The van der Waals surface area contributed by atoms with Crippen LogP contribution in [0.4, 0.5) is 17.3 Å². The zero-order valence-corrected chi connectivity index (χ0v) is 10.3. The molecule has 0 aliphatic rings. The first-order valence-electron chi connectivity index (χ1n) is 5.47. The van der Waals surface area contributed by atoms with Gasteiger partial charge < -0.3 is 5.32 Å². The van der Waals surface area contributed by atoms with Gasteiger partial charge in [-0.15, -0.1) is 0 Å². The summed E-state index contributed by atoms with van der Waals surface area (Å²) in [6.07, 6.45) is 1.06. The van der Waals surface area contributed by atoms with E-state index in [4.69, 9.17) is 0 Å². The van der Waals surface area contributed by atoms with E-state index in [0.29, 0.717) is 0 Å². The molecule has 9 nitrogen and oxygen atoms in total. The Morgan fingerprint density at radius 1 is 1.20 bits per heavy atom. The molecule has 0 unspecified atom stereocenters. The molecule has 0 spiro atoms. The quantitative estimate of drug-likeness (QED) is 0.668. The Hall–Kier alpha value is -3.10. The minimum absolute atomic E-state index is 0.0260. The topological polar surface area (TPSA) is 124 Å². The lowest BCUT2D eigenvalue weighted by Gasteiger charge is -2.04. The predicted octanol–water partition coefficient (Wildman–Crippen LogP) is 2.00. The zero-order chi connectivity index (χ0) is 14.7. The van der Waals surface area contributed by atoms with Gasteiger partial charge in [0.1, 0.15) is 6.20 Å². The predicted molar refractivity (Wildman–Crippen MR) is 70.3 cm³/mol. The largest absolute Gasteiger partial charge is 0.357 e. The number of anilines is 1. The van der Waals surface area contributed by atoms with Crippen molar-refractivity contribution in [3.63, 3.8) is 0 Å². The molecule has 0 amide bonds. The van der Waals surface area contributed by atoms with Crippen molar-refractivity contribution in [1.82, 2.24) is 9.97 Å². The van der Waals surface area contributed by atoms with Crippen molar-refractivity contribution in [3.8, 4) is 11.3 Å². The number of nitro groups is 2. The van der Waals surface area contributed by atoms with Gasteiger partial charge in [-0.1, -0.05) is 12.1 Å². The third kappa shape index (κ3) is 2.51. The van der Waals surface area contributed by atoms with Crippen LogP contribution >= 0.6 is 0 Å². The van der Waals surface area contributed by atoms with Crippen LogP contribution in [0.3, 0.4) is 0 Å². The van der Waals surface area contributed by atoms with Crippen molar-refractivity contribution < 1.29 is 9.85 Å². The molecule has 1 aromatic carbocycles. The average molecular weight is 275 g/mol. The molecular weight excluding hydrogens is 266 g/mol. The number of nitrogens with one attached hydrogen (secondary N) is 1. The highest BCUT2D eigenvalue weighted by Gasteiger charge is 2.20. The number of benzene rings is 1. The summed E-state index contributed by atoms with van der Waals surface area (Å²) in [5.41, 5.74) is -0.172. The number of hydrogen-bond acceptors (Lipinski definition) is 7. The average Bonchev–Trinajstić information content (AvgIpc) is 2.46. The normalized spacial score (nSPS) is 10.1. The number of hydrogen-bond donors (Lipinski definition) is 1. The summed E-state index contributed by atoms with van der Waals surface area (Å²) in [4.78, 5) is 28.3. The van der Waals surface area contributed by atoms with E-state index in [9.17, 15) is 20.2 Å². The Bertz CT molecular complexity index is 688. The summed E-state index contributed by atoms with van der Waals surface area (Å²) >= 11 is 0. The van der Waals surface area contributed by atoms with Crippen molar-refractivity contribution >= 4 is 17.3 Å². The van der Waals surface area contributed by atoms with Gasteiger partial charge in [0, 0.05) is 24.7 Å². The molecule has 1 heterocycles. The van der Waals surface area contributed by atoms with Crippen molar-refractivity contribution in [2.45, 2.75) is 0 Å². The van der Waals surface area contributed by atoms with Gasteiger partial charge in [-0.05, 0) is 0 Å². The van der Waals surface area contributed by atoms with Crippen LogP contribution in [-0.2, 0) is 0 Å². The van der Waals surface area contributed by atoms with Crippen LogP contribution in [0.25, 0.3) is 11.3 Å². The van der Waals surface area contributed by atoms with Gasteiger partial charge in [-0.3, -0.25) is 20.2 Å². The van der Waals surface area contributed by atoms with E-state index in [-0.39, 0.29) is 28.6 Å². The molecule has 0 aliphatic heterocycles. The van der Waals surface area contributed by atoms with Crippen molar-refractivity contribution in [1.29, 1.82) is 0 Å². The Kier molecular flexibility index (Phi) is 3.51. The fourth-order valence-electron chi connectivity index (χ4n) is 1.61. The second-order valence-corrected chi connectivity index (χ2v) is 3.74. The maximum Gasteiger partial charge on any atom is 0.313 e. The first-order valence-corrected chi connectivity index (χ1v) is 5.47. The molecule has 2 rings (SSSR count). The Balaban J connectivity index is 2.63. The van der Waals surface area contributed by atoms with Crippen molar-refractivity contribution in [2.24, 2.45) is 0 Å². The van der Waals surface area contributed by atoms with E-state index in [1.807, 2.05) is 0 Å². The summed E-state index contributed by atoms with van der Waals surface area (Å²) < 4.78 is 0. The molecule has 102 valence electrons. The van der Waals surface area contributed by atoms with Gasteiger partial charge in [0.25, 0.3) is 5.69 Å². The fraction of sp³-hybridized carbons (Fsp3) is 0.0909. The second kappa shape index (κ2) is 5.26. The summed E-state index contributed by atoms with van der Waals surface area (Å²) in [6, 6.07) is 5.49. The van der Waals surface area contributed by atoms with Crippen molar-refractivity contribution in [2.75, 3.05) is 12.4 Å². The smallest absolute Gasteiger partial charge is 0.313 e. The van der Waals surface area contributed by atoms with E-state index >= 15 is 0 Å². The SMILES string of the molecule is CNc1ncc([N+](=O)[O-])c(-c2cccc([N+](=O)[O-])c2)n1. The van der Waals surface area contributed by atoms with Crippen molar-refractivity contribution in [3.05, 3.63) is 50.7 Å². The van der Waals surface area contributed by atoms with Crippen LogP contribution in [0.1, 0.15) is 0 Å². The molecular formula is C11H9N5O4. The highest BCUT2D eigenvalue weighted by Crippen LogP contribution is 2.30. The molecule has 0 aliphatic carbocycles. The van der Waals surface area contributed by atoms with Gasteiger partial charge in [0.05, 0.1) is 9.85 Å². The number of non-ortho nitro benzene ring substituents is 1. The number of aromatic nitrogens is 2. The molecule has 2 aromatic rings. The Morgan fingerprint density at radius 2 is 1.95 bits per heavy atom. The molecule has 9 heteroatoms. The molecule has 0 fully saturated rings. The molecule has 0 bridgehead atoms. The number of nitro benzene ring substituents is 1. The van der Waals surface area contributed by atoms with Gasteiger partial charge in [-0.25, -0.2) is 9.97 Å². The third-order valence-electron chi connectivity index (χ3n) is 2.52. The molecule has 0 saturated carbocycles. The van der Waals surface area contributed by atoms with Crippen LogP contribution in [0.5, 0.6) is 0 Å². The standard InChI is InChI=1S/C11H9N5O4/c1-12-11-13-6-9(16(19)20)10(14-11)7-3-2-4-8(5-7)15(17)18/h2-6H,1H3,(H,12,13,14).